The van der Waals surface area contributed by atoms with Gasteiger partial charge in [0.1, 0.15) is 0 Å². The molecule has 0 radical (unpaired) electrons. The standard InChI is InChI=1S/C20H27N3O/c1-16-10-8-9-13-18(16)15-23(4)20(24)21-14-19(22(2)3)17-11-6-5-7-12-17/h5-13,19H,14-15H2,1-4H3,(H,21,24). The van der Waals surface area contributed by atoms with E-state index in [-0.39, 0.29) is 12.1 Å². The Labute approximate surface area is 145 Å². The highest BCUT2D eigenvalue weighted by molar-refractivity contribution is 5.74. The average molecular weight is 325 g/mol. The highest BCUT2D eigenvalue weighted by Gasteiger charge is 2.16. The van der Waals surface area contributed by atoms with E-state index >= 15 is 0 Å². The van der Waals surface area contributed by atoms with E-state index in [2.05, 4.69) is 41.4 Å². The Morgan fingerprint density at radius 2 is 1.62 bits per heavy atom. The van der Waals surface area contributed by atoms with Gasteiger partial charge >= 0.3 is 6.03 Å². The van der Waals surface area contributed by atoms with Crippen molar-refractivity contribution in [2.45, 2.75) is 19.5 Å². The molecule has 0 aliphatic heterocycles. The quantitative estimate of drug-likeness (QED) is 0.883. The number of urea groups is 1. The molecule has 0 aromatic heterocycles. The van der Waals surface area contributed by atoms with Gasteiger partial charge in [0.05, 0.1) is 6.04 Å². The predicted molar refractivity (Wildman–Crippen MR) is 98.9 cm³/mol. The van der Waals surface area contributed by atoms with Gasteiger partial charge in [-0.25, -0.2) is 4.79 Å². The molecule has 128 valence electrons. The molecule has 0 aliphatic carbocycles. The lowest BCUT2D eigenvalue weighted by atomic mass is 10.1. The largest absolute Gasteiger partial charge is 0.336 e. The second-order valence-corrected chi connectivity index (χ2v) is 6.36. The summed E-state index contributed by atoms with van der Waals surface area (Å²) in [6.07, 6.45) is 0. The number of hydrogen-bond donors (Lipinski definition) is 1. The molecule has 1 atom stereocenters. The number of carbonyl (C=O) groups excluding carboxylic acids is 1. The number of nitrogens with one attached hydrogen (secondary N) is 1. The van der Waals surface area contributed by atoms with Crippen molar-refractivity contribution in [1.82, 2.24) is 15.1 Å². The fourth-order valence-electron chi connectivity index (χ4n) is 2.71. The molecule has 2 rings (SSSR count). The van der Waals surface area contributed by atoms with Gasteiger partial charge in [-0.15, -0.1) is 0 Å². The van der Waals surface area contributed by atoms with Gasteiger partial charge in [0.15, 0.2) is 0 Å². The minimum absolute atomic E-state index is 0.0546. The zero-order valence-corrected chi connectivity index (χ0v) is 15.0. The average Bonchev–Trinajstić information content (AvgIpc) is 2.57. The van der Waals surface area contributed by atoms with Gasteiger partial charge in [0.25, 0.3) is 0 Å². The van der Waals surface area contributed by atoms with E-state index in [1.165, 1.54) is 16.7 Å². The number of carbonyl (C=O) groups is 1. The highest BCUT2D eigenvalue weighted by atomic mass is 16.2. The predicted octanol–water partition coefficient (Wildman–Crippen LogP) is 3.44. The van der Waals surface area contributed by atoms with Crippen molar-refractivity contribution in [3.8, 4) is 0 Å². The Kier molecular flexibility index (Phi) is 6.38. The van der Waals surface area contributed by atoms with E-state index < -0.39 is 0 Å². The third-order valence-corrected chi connectivity index (χ3v) is 4.27. The van der Waals surface area contributed by atoms with Crippen LogP contribution in [0.25, 0.3) is 0 Å². The Balaban J connectivity index is 1.94. The monoisotopic (exact) mass is 325 g/mol. The molecule has 0 saturated carbocycles. The third-order valence-electron chi connectivity index (χ3n) is 4.27. The van der Waals surface area contributed by atoms with E-state index in [1.807, 2.05) is 51.5 Å². The SMILES string of the molecule is Cc1ccccc1CN(C)C(=O)NCC(c1ccccc1)N(C)C. The normalized spacial score (nSPS) is 12.0. The smallest absolute Gasteiger partial charge is 0.317 e. The summed E-state index contributed by atoms with van der Waals surface area (Å²) < 4.78 is 0. The number of likely N-dealkylation sites (N-methyl/N-ethyl adjacent to an activating group) is 1. The van der Waals surface area contributed by atoms with Crippen LogP contribution in [-0.4, -0.2) is 43.5 Å². The van der Waals surface area contributed by atoms with E-state index in [0.29, 0.717) is 13.1 Å². The van der Waals surface area contributed by atoms with Gasteiger partial charge in [0.2, 0.25) is 0 Å². The summed E-state index contributed by atoms with van der Waals surface area (Å²) in [5.41, 5.74) is 3.57. The first kappa shape index (κ1) is 18.0. The van der Waals surface area contributed by atoms with Gasteiger partial charge in [0, 0.05) is 20.1 Å². The molecule has 2 aromatic rings. The molecule has 0 aliphatic rings. The van der Waals surface area contributed by atoms with E-state index in [4.69, 9.17) is 0 Å². The fraction of sp³-hybridized carbons (Fsp3) is 0.350. The maximum Gasteiger partial charge on any atom is 0.317 e. The first-order chi connectivity index (χ1) is 11.5. The van der Waals surface area contributed by atoms with Gasteiger partial charge in [-0.2, -0.15) is 0 Å². The van der Waals surface area contributed by atoms with Crippen molar-refractivity contribution in [2.75, 3.05) is 27.7 Å². The first-order valence-electron chi connectivity index (χ1n) is 8.24. The van der Waals surface area contributed by atoms with Crippen LogP contribution in [0.15, 0.2) is 54.6 Å². The van der Waals surface area contributed by atoms with Crippen molar-refractivity contribution in [2.24, 2.45) is 0 Å². The van der Waals surface area contributed by atoms with Gasteiger partial charge in [-0.1, -0.05) is 54.6 Å². The summed E-state index contributed by atoms with van der Waals surface area (Å²) in [4.78, 5) is 16.3. The lowest BCUT2D eigenvalue weighted by Gasteiger charge is -2.26. The number of rotatable bonds is 6. The molecule has 0 fully saturated rings. The molecule has 2 aromatic carbocycles. The lowest BCUT2D eigenvalue weighted by Crippen LogP contribution is -2.41. The molecule has 4 heteroatoms. The zero-order valence-electron chi connectivity index (χ0n) is 15.0. The maximum atomic E-state index is 12.4. The topological polar surface area (TPSA) is 35.6 Å². The summed E-state index contributed by atoms with van der Waals surface area (Å²) >= 11 is 0. The summed E-state index contributed by atoms with van der Waals surface area (Å²) in [5, 5.41) is 3.05. The van der Waals surface area contributed by atoms with Crippen LogP contribution in [0.3, 0.4) is 0 Å². The van der Waals surface area contributed by atoms with Crippen LogP contribution in [0.5, 0.6) is 0 Å². The minimum Gasteiger partial charge on any atom is -0.336 e. The van der Waals surface area contributed by atoms with Crippen molar-refractivity contribution in [1.29, 1.82) is 0 Å². The number of nitrogens with zero attached hydrogens (tertiary/aromatic N) is 2. The molecule has 0 bridgehead atoms. The van der Waals surface area contributed by atoms with Gasteiger partial charge in [-0.3, -0.25) is 0 Å². The summed E-state index contributed by atoms with van der Waals surface area (Å²) in [5.74, 6) is 0. The molecule has 0 heterocycles. The third kappa shape index (κ3) is 4.83. The van der Waals surface area contributed by atoms with Crippen molar-refractivity contribution in [3.05, 3.63) is 71.3 Å². The maximum absolute atomic E-state index is 12.4. The van der Waals surface area contributed by atoms with Gasteiger partial charge < -0.3 is 15.1 Å². The number of benzene rings is 2. The number of amides is 2. The summed E-state index contributed by atoms with van der Waals surface area (Å²) in [6, 6.07) is 18.5. The molecule has 1 N–H and O–H groups in total. The molecular weight excluding hydrogens is 298 g/mol. The second-order valence-electron chi connectivity index (χ2n) is 6.36. The molecule has 4 nitrogen and oxygen atoms in total. The van der Waals surface area contributed by atoms with Crippen molar-refractivity contribution >= 4 is 6.03 Å². The van der Waals surface area contributed by atoms with E-state index in [9.17, 15) is 4.79 Å². The van der Waals surface area contributed by atoms with Crippen molar-refractivity contribution in [3.63, 3.8) is 0 Å². The van der Waals surface area contributed by atoms with Crippen LogP contribution >= 0.6 is 0 Å². The highest BCUT2D eigenvalue weighted by Crippen LogP contribution is 2.17. The number of aryl methyl sites for hydroxylation is 1. The summed E-state index contributed by atoms with van der Waals surface area (Å²) in [7, 11) is 5.89. The summed E-state index contributed by atoms with van der Waals surface area (Å²) in [6.45, 7) is 3.25. The van der Waals surface area contributed by atoms with Crippen LogP contribution in [0, 0.1) is 6.92 Å². The molecule has 0 spiro atoms. The Morgan fingerprint density at radius 3 is 2.25 bits per heavy atom. The van der Waals surface area contributed by atoms with Crippen molar-refractivity contribution < 1.29 is 4.79 Å². The van der Waals surface area contributed by atoms with Crippen LogP contribution in [-0.2, 0) is 6.54 Å². The molecular formula is C20H27N3O. The van der Waals surface area contributed by atoms with Crippen LogP contribution in [0.2, 0.25) is 0 Å². The number of hydrogen-bond acceptors (Lipinski definition) is 2. The Morgan fingerprint density at radius 1 is 1.00 bits per heavy atom. The molecule has 1 unspecified atom stereocenters. The fourth-order valence-corrected chi connectivity index (χ4v) is 2.71. The Bertz CT molecular complexity index is 655. The molecule has 24 heavy (non-hydrogen) atoms. The Hall–Kier alpha value is -2.33. The molecule has 0 saturated heterocycles. The zero-order chi connectivity index (χ0) is 17.5. The lowest BCUT2D eigenvalue weighted by molar-refractivity contribution is 0.200. The van der Waals surface area contributed by atoms with Crippen LogP contribution in [0.4, 0.5) is 4.79 Å². The van der Waals surface area contributed by atoms with E-state index in [1.54, 1.807) is 4.90 Å². The minimum atomic E-state index is -0.0546. The van der Waals surface area contributed by atoms with Crippen LogP contribution < -0.4 is 5.32 Å². The molecule has 2 amide bonds. The van der Waals surface area contributed by atoms with E-state index in [0.717, 1.165) is 0 Å². The van der Waals surface area contributed by atoms with Gasteiger partial charge in [-0.05, 0) is 37.7 Å². The first-order valence-corrected chi connectivity index (χ1v) is 8.24. The van der Waals surface area contributed by atoms with Crippen LogP contribution in [0.1, 0.15) is 22.7 Å². The second kappa shape index (κ2) is 8.50.